The second-order valence-electron chi connectivity index (χ2n) is 1.46. The quantitative estimate of drug-likeness (QED) is 0.280. The normalized spacial score (nSPS) is 9.08. The summed E-state index contributed by atoms with van der Waals surface area (Å²) in [5, 5.41) is 0. The highest BCUT2D eigenvalue weighted by atomic mass is 16.5. The molecule has 0 aliphatic carbocycles. The van der Waals surface area contributed by atoms with E-state index in [4.69, 9.17) is 0 Å². The van der Waals surface area contributed by atoms with Crippen LogP contribution in [0.1, 0.15) is 13.8 Å². The first-order chi connectivity index (χ1) is 5.76. The van der Waals surface area contributed by atoms with Crippen molar-refractivity contribution in [1.82, 2.24) is 0 Å². The van der Waals surface area contributed by atoms with Gasteiger partial charge in [0.1, 0.15) is 0 Å². The van der Waals surface area contributed by atoms with Gasteiger partial charge in [0.15, 0.2) is 0 Å². The number of carbonyl (C=O) groups is 1. The lowest BCUT2D eigenvalue weighted by molar-refractivity contribution is -0.135. The van der Waals surface area contributed by atoms with Crippen molar-refractivity contribution in [1.29, 1.82) is 0 Å². The van der Waals surface area contributed by atoms with Gasteiger partial charge in [-0.05, 0) is 6.72 Å². The lowest BCUT2D eigenvalue weighted by atomic mass is 10.3. The summed E-state index contributed by atoms with van der Waals surface area (Å²) in [6, 6.07) is 0. The molecule has 0 aromatic rings. The van der Waals surface area contributed by atoms with Crippen molar-refractivity contribution in [2.45, 2.75) is 13.8 Å². The Kier molecular flexibility index (Phi) is 10.6. The van der Waals surface area contributed by atoms with E-state index >= 15 is 0 Å². The Morgan fingerprint density at radius 1 is 1.50 bits per heavy atom. The second-order valence-corrected chi connectivity index (χ2v) is 1.46. The Morgan fingerprint density at radius 2 is 2.00 bits per heavy atom. The number of carbonyl (C=O) groups excluding carboxylic acids is 1. The minimum Gasteiger partial charge on any atom is -0.465 e. The number of hydrogen-bond donors (Lipinski definition) is 0. The largest absolute Gasteiger partial charge is 0.465 e. The van der Waals surface area contributed by atoms with Crippen molar-refractivity contribution >= 4 is 12.7 Å². The molecule has 0 atom stereocenters. The molecule has 0 radical (unpaired) electrons. The van der Waals surface area contributed by atoms with E-state index in [1.165, 1.54) is 19.4 Å². The number of methoxy groups -OCH3 is 1. The number of esters is 1. The fourth-order valence-electron chi connectivity index (χ4n) is 0.405. The first-order valence-corrected chi connectivity index (χ1v) is 3.63. The number of ether oxygens (including phenoxy) is 1. The molecule has 0 aliphatic rings. The Labute approximate surface area is 73.5 Å². The van der Waals surface area contributed by atoms with Crippen LogP contribution in [0.2, 0.25) is 0 Å². The molecule has 68 valence electrons. The average molecular weight is 169 g/mol. The van der Waals surface area contributed by atoms with Gasteiger partial charge in [-0.15, -0.1) is 0 Å². The highest BCUT2D eigenvalue weighted by molar-refractivity contribution is 5.91. The highest BCUT2D eigenvalue weighted by Gasteiger charge is 2.02. The molecule has 0 saturated heterocycles. The third-order valence-corrected chi connectivity index (χ3v) is 0.871. The van der Waals surface area contributed by atoms with E-state index in [1.807, 2.05) is 13.8 Å². The molecule has 0 heterocycles. The molecule has 0 bridgehead atoms. The van der Waals surface area contributed by atoms with Gasteiger partial charge in [0.2, 0.25) is 0 Å². The maximum Gasteiger partial charge on any atom is 0.339 e. The molecule has 0 aliphatic heterocycles. The van der Waals surface area contributed by atoms with E-state index in [2.05, 4.69) is 23.0 Å². The zero-order chi connectivity index (χ0) is 9.98. The van der Waals surface area contributed by atoms with Crippen LogP contribution in [0.4, 0.5) is 0 Å². The lowest BCUT2D eigenvalue weighted by Gasteiger charge is -1.95. The summed E-state index contributed by atoms with van der Waals surface area (Å²) in [6.07, 6.45) is 2.65. The Balaban J connectivity index is 0. The van der Waals surface area contributed by atoms with E-state index < -0.39 is 5.97 Å². The minimum absolute atomic E-state index is 0.303. The molecule has 0 spiro atoms. The van der Waals surface area contributed by atoms with E-state index in [-0.39, 0.29) is 0 Å². The molecule has 0 aromatic heterocycles. The van der Waals surface area contributed by atoms with Crippen LogP contribution < -0.4 is 0 Å². The molecular weight excluding hydrogens is 154 g/mol. The zero-order valence-electron chi connectivity index (χ0n) is 7.83. The van der Waals surface area contributed by atoms with Crippen LogP contribution in [0.25, 0.3) is 0 Å². The van der Waals surface area contributed by atoms with Crippen LogP contribution in [0, 0.1) is 0 Å². The van der Waals surface area contributed by atoms with Crippen LogP contribution in [0.3, 0.4) is 0 Å². The van der Waals surface area contributed by atoms with Crippen LogP contribution in [-0.2, 0) is 9.53 Å². The van der Waals surface area contributed by atoms with Crippen LogP contribution >= 0.6 is 0 Å². The van der Waals surface area contributed by atoms with Gasteiger partial charge in [-0.25, -0.2) is 4.79 Å². The molecule has 0 rings (SSSR count). The van der Waals surface area contributed by atoms with Gasteiger partial charge in [-0.1, -0.05) is 26.5 Å². The van der Waals surface area contributed by atoms with Crippen LogP contribution in [-0.4, -0.2) is 19.8 Å². The van der Waals surface area contributed by atoms with Crippen molar-refractivity contribution in [3.63, 3.8) is 0 Å². The number of nitrogens with zero attached hydrogens (tertiary/aromatic N) is 1. The molecule has 0 fully saturated rings. The summed E-state index contributed by atoms with van der Waals surface area (Å²) in [4.78, 5) is 14.1. The second kappa shape index (κ2) is 9.62. The summed E-state index contributed by atoms with van der Waals surface area (Å²) < 4.78 is 4.39. The van der Waals surface area contributed by atoms with Crippen molar-refractivity contribution in [3.05, 3.63) is 24.4 Å². The highest BCUT2D eigenvalue weighted by Crippen LogP contribution is 1.97. The van der Waals surface area contributed by atoms with E-state index in [0.717, 1.165) is 0 Å². The number of rotatable bonds is 3. The van der Waals surface area contributed by atoms with Gasteiger partial charge < -0.3 is 4.74 Å². The van der Waals surface area contributed by atoms with Crippen LogP contribution in [0.15, 0.2) is 29.4 Å². The van der Waals surface area contributed by atoms with Gasteiger partial charge in [-0.2, -0.15) is 0 Å². The Hall–Kier alpha value is -1.38. The van der Waals surface area contributed by atoms with Crippen molar-refractivity contribution in [2.24, 2.45) is 4.99 Å². The van der Waals surface area contributed by atoms with Crippen molar-refractivity contribution < 1.29 is 9.53 Å². The zero-order valence-corrected chi connectivity index (χ0v) is 7.83. The monoisotopic (exact) mass is 169 g/mol. The first-order valence-electron chi connectivity index (χ1n) is 3.63. The van der Waals surface area contributed by atoms with Gasteiger partial charge in [0.05, 0.1) is 12.7 Å². The third kappa shape index (κ3) is 5.41. The summed E-state index contributed by atoms with van der Waals surface area (Å²) in [5.74, 6) is -0.456. The molecule has 12 heavy (non-hydrogen) atoms. The SMILES string of the molecule is C=C/C(=C\N=C)C(=O)OC.CC. The summed E-state index contributed by atoms with van der Waals surface area (Å²) >= 11 is 0. The summed E-state index contributed by atoms with van der Waals surface area (Å²) in [5.41, 5.74) is 0.303. The van der Waals surface area contributed by atoms with E-state index in [0.29, 0.717) is 5.57 Å². The summed E-state index contributed by atoms with van der Waals surface area (Å²) in [7, 11) is 1.29. The average Bonchev–Trinajstić information content (AvgIpc) is 2.16. The lowest BCUT2D eigenvalue weighted by Crippen LogP contribution is -2.01. The molecule has 3 nitrogen and oxygen atoms in total. The Morgan fingerprint density at radius 3 is 2.25 bits per heavy atom. The van der Waals surface area contributed by atoms with Gasteiger partial charge in [-0.3, -0.25) is 4.99 Å². The standard InChI is InChI=1S/C7H9NO2.C2H6/c1-4-6(5-8-2)7(9)10-3;1-2/h4-5H,1-2H2,3H3;1-2H3/b6-5+;. The van der Waals surface area contributed by atoms with Gasteiger partial charge in [0, 0.05) is 6.20 Å². The maximum atomic E-state index is 10.7. The van der Waals surface area contributed by atoms with Gasteiger partial charge >= 0.3 is 5.97 Å². The number of aliphatic imine (C=N–C) groups is 1. The van der Waals surface area contributed by atoms with E-state index in [9.17, 15) is 4.79 Å². The maximum absolute atomic E-state index is 10.7. The predicted molar refractivity (Wildman–Crippen MR) is 51.2 cm³/mol. The number of hydrogen-bond acceptors (Lipinski definition) is 3. The van der Waals surface area contributed by atoms with E-state index in [1.54, 1.807) is 0 Å². The fourth-order valence-corrected chi connectivity index (χ4v) is 0.405. The molecule has 0 saturated carbocycles. The first kappa shape index (κ1) is 13.2. The molecule has 3 heteroatoms. The molecule has 0 unspecified atom stereocenters. The molecule has 0 amide bonds. The van der Waals surface area contributed by atoms with Crippen molar-refractivity contribution in [2.75, 3.05) is 7.11 Å². The van der Waals surface area contributed by atoms with Crippen molar-refractivity contribution in [3.8, 4) is 0 Å². The fraction of sp³-hybridized carbons (Fsp3) is 0.333. The minimum atomic E-state index is -0.456. The van der Waals surface area contributed by atoms with Gasteiger partial charge in [0.25, 0.3) is 0 Å². The predicted octanol–water partition coefficient (Wildman–Crippen LogP) is 1.96. The topological polar surface area (TPSA) is 38.7 Å². The molecule has 0 N–H and O–H groups in total. The van der Waals surface area contributed by atoms with Crippen LogP contribution in [0.5, 0.6) is 0 Å². The molecule has 0 aromatic carbocycles. The summed E-state index contributed by atoms with van der Waals surface area (Å²) in [6.45, 7) is 10.6. The molecular formula is C9H15NO2. The smallest absolute Gasteiger partial charge is 0.339 e. The third-order valence-electron chi connectivity index (χ3n) is 0.871. The Bertz CT molecular complexity index is 183.